The van der Waals surface area contributed by atoms with Gasteiger partial charge >= 0.3 is 0 Å². The molecule has 1 fully saturated rings. The first-order valence-electron chi connectivity index (χ1n) is 7.01. The summed E-state index contributed by atoms with van der Waals surface area (Å²) in [7, 11) is 0. The second kappa shape index (κ2) is 6.20. The first-order chi connectivity index (χ1) is 8.31. The second-order valence-corrected chi connectivity index (χ2v) is 5.32. The van der Waals surface area contributed by atoms with E-state index in [9.17, 15) is 0 Å². The van der Waals surface area contributed by atoms with Gasteiger partial charge in [0.25, 0.3) is 0 Å². The lowest BCUT2D eigenvalue weighted by atomic mass is 9.80. The van der Waals surface area contributed by atoms with Gasteiger partial charge in [-0.1, -0.05) is 26.2 Å². The van der Waals surface area contributed by atoms with Crippen LogP contribution < -0.4 is 5.32 Å². The molecule has 1 saturated carbocycles. The Morgan fingerprint density at radius 2 is 2.24 bits per heavy atom. The molecule has 17 heavy (non-hydrogen) atoms. The molecule has 0 aliphatic heterocycles. The molecule has 3 nitrogen and oxygen atoms in total. The normalized spacial score (nSPS) is 25.1. The molecule has 0 saturated heterocycles. The van der Waals surface area contributed by atoms with Crippen LogP contribution >= 0.6 is 0 Å². The third-order valence-corrected chi connectivity index (χ3v) is 4.14. The van der Waals surface area contributed by atoms with E-state index in [4.69, 9.17) is 0 Å². The maximum Gasteiger partial charge on any atom is 0.0948 e. The summed E-state index contributed by atoms with van der Waals surface area (Å²) in [5.74, 6) is 1.77. The van der Waals surface area contributed by atoms with Crippen LogP contribution in [-0.2, 0) is 13.1 Å². The van der Waals surface area contributed by atoms with E-state index in [1.54, 1.807) is 0 Å². The van der Waals surface area contributed by atoms with E-state index in [1.807, 2.05) is 12.5 Å². The van der Waals surface area contributed by atoms with E-state index < -0.39 is 0 Å². The second-order valence-electron chi connectivity index (χ2n) is 5.32. The van der Waals surface area contributed by atoms with Crippen LogP contribution in [0.15, 0.2) is 12.5 Å². The van der Waals surface area contributed by atoms with Crippen LogP contribution in [0.1, 0.15) is 45.2 Å². The Morgan fingerprint density at radius 3 is 3.00 bits per heavy atom. The molecule has 1 aromatic heterocycles. The Balaban J connectivity index is 1.75. The summed E-state index contributed by atoms with van der Waals surface area (Å²) >= 11 is 0. The number of aromatic nitrogens is 2. The molecule has 0 aromatic carbocycles. The molecule has 0 amide bonds. The van der Waals surface area contributed by atoms with Crippen LogP contribution in [-0.4, -0.2) is 16.1 Å². The van der Waals surface area contributed by atoms with Crippen LogP contribution in [0.4, 0.5) is 0 Å². The molecule has 0 spiro atoms. The number of hydrogen-bond donors (Lipinski definition) is 1. The molecule has 1 aromatic rings. The highest BCUT2D eigenvalue weighted by Gasteiger charge is 2.20. The van der Waals surface area contributed by atoms with E-state index in [0.29, 0.717) is 0 Å². The zero-order valence-electron chi connectivity index (χ0n) is 11.2. The van der Waals surface area contributed by atoms with E-state index in [1.165, 1.54) is 31.4 Å². The standard InChI is InChI=1S/C14H25N3/c1-3-17-11-16-10-14(17)9-15-8-13-7-5-4-6-12(13)2/h10-13,15H,3-9H2,1-2H3. The number of rotatable bonds is 5. The quantitative estimate of drug-likeness (QED) is 0.850. The molecule has 1 heterocycles. The van der Waals surface area contributed by atoms with Gasteiger partial charge in [-0.3, -0.25) is 0 Å². The Morgan fingerprint density at radius 1 is 1.41 bits per heavy atom. The van der Waals surface area contributed by atoms with Gasteiger partial charge in [0.2, 0.25) is 0 Å². The van der Waals surface area contributed by atoms with Crippen molar-refractivity contribution in [2.45, 2.75) is 52.6 Å². The number of nitrogens with one attached hydrogen (secondary N) is 1. The molecule has 2 unspecified atom stereocenters. The minimum atomic E-state index is 0.877. The first kappa shape index (κ1) is 12.6. The Bertz CT molecular complexity index is 332. The highest BCUT2D eigenvalue weighted by atomic mass is 15.1. The topological polar surface area (TPSA) is 29.9 Å². The van der Waals surface area contributed by atoms with Crippen molar-refractivity contribution in [1.82, 2.24) is 14.9 Å². The third-order valence-electron chi connectivity index (χ3n) is 4.14. The molecule has 96 valence electrons. The van der Waals surface area contributed by atoms with Gasteiger partial charge in [-0.25, -0.2) is 4.98 Å². The highest BCUT2D eigenvalue weighted by molar-refractivity contribution is 4.97. The predicted molar refractivity (Wildman–Crippen MR) is 70.7 cm³/mol. The molecular formula is C14H25N3. The number of imidazole rings is 1. The fourth-order valence-corrected chi connectivity index (χ4v) is 2.86. The molecule has 3 heteroatoms. The van der Waals surface area contributed by atoms with Crippen LogP contribution in [0.25, 0.3) is 0 Å². The summed E-state index contributed by atoms with van der Waals surface area (Å²) < 4.78 is 2.21. The number of nitrogens with zero attached hydrogens (tertiary/aromatic N) is 2. The van der Waals surface area contributed by atoms with E-state index in [0.717, 1.165) is 31.5 Å². The summed E-state index contributed by atoms with van der Waals surface area (Å²) in [5.41, 5.74) is 1.30. The minimum Gasteiger partial charge on any atom is -0.334 e. The Hall–Kier alpha value is -0.830. The zero-order chi connectivity index (χ0) is 12.1. The molecule has 1 N–H and O–H groups in total. The maximum absolute atomic E-state index is 4.20. The third kappa shape index (κ3) is 3.32. The fourth-order valence-electron chi connectivity index (χ4n) is 2.86. The van der Waals surface area contributed by atoms with E-state index >= 15 is 0 Å². The fraction of sp³-hybridized carbons (Fsp3) is 0.786. The van der Waals surface area contributed by atoms with Crippen LogP contribution in [0.3, 0.4) is 0 Å². The maximum atomic E-state index is 4.20. The Kier molecular flexibility index (Phi) is 4.60. The smallest absolute Gasteiger partial charge is 0.0948 e. The molecule has 0 radical (unpaired) electrons. The summed E-state index contributed by atoms with van der Waals surface area (Å²) in [5, 5.41) is 3.60. The van der Waals surface area contributed by atoms with Crippen molar-refractivity contribution < 1.29 is 0 Å². The average molecular weight is 235 g/mol. The summed E-state index contributed by atoms with van der Waals surface area (Å²) in [6.07, 6.45) is 9.56. The van der Waals surface area contributed by atoms with Gasteiger partial charge in [-0.15, -0.1) is 0 Å². The summed E-state index contributed by atoms with van der Waals surface area (Å²) in [6.45, 7) is 7.69. The Labute approximate surface area is 105 Å². The largest absolute Gasteiger partial charge is 0.334 e. The lowest BCUT2D eigenvalue weighted by molar-refractivity contribution is 0.247. The first-order valence-corrected chi connectivity index (χ1v) is 7.01. The van der Waals surface area contributed by atoms with E-state index in [-0.39, 0.29) is 0 Å². The zero-order valence-corrected chi connectivity index (χ0v) is 11.2. The lowest BCUT2D eigenvalue weighted by Crippen LogP contribution is -2.29. The van der Waals surface area contributed by atoms with Gasteiger partial charge < -0.3 is 9.88 Å². The molecule has 2 rings (SSSR count). The van der Waals surface area contributed by atoms with Crippen molar-refractivity contribution >= 4 is 0 Å². The van der Waals surface area contributed by atoms with Gasteiger partial charge in [0.1, 0.15) is 0 Å². The minimum absolute atomic E-state index is 0.877. The van der Waals surface area contributed by atoms with Crippen LogP contribution in [0.2, 0.25) is 0 Å². The van der Waals surface area contributed by atoms with Crippen molar-refractivity contribution in [3.63, 3.8) is 0 Å². The van der Waals surface area contributed by atoms with Crippen molar-refractivity contribution in [2.24, 2.45) is 11.8 Å². The monoisotopic (exact) mass is 235 g/mol. The van der Waals surface area contributed by atoms with Crippen molar-refractivity contribution in [3.8, 4) is 0 Å². The SMILES string of the molecule is CCn1cncc1CNCC1CCCCC1C. The lowest BCUT2D eigenvalue weighted by Gasteiger charge is -2.28. The molecular weight excluding hydrogens is 210 g/mol. The van der Waals surface area contributed by atoms with Crippen molar-refractivity contribution in [2.75, 3.05) is 6.54 Å². The molecule has 1 aliphatic carbocycles. The summed E-state index contributed by atoms with van der Waals surface area (Å²) in [6, 6.07) is 0. The van der Waals surface area contributed by atoms with Gasteiger partial charge in [-0.2, -0.15) is 0 Å². The van der Waals surface area contributed by atoms with Gasteiger partial charge in [0, 0.05) is 19.3 Å². The predicted octanol–water partition coefficient (Wildman–Crippen LogP) is 2.82. The summed E-state index contributed by atoms with van der Waals surface area (Å²) in [4.78, 5) is 4.20. The number of hydrogen-bond acceptors (Lipinski definition) is 2. The number of aryl methyl sites for hydroxylation is 1. The van der Waals surface area contributed by atoms with Crippen LogP contribution in [0, 0.1) is 11.8 Å². The molecule has 1 aliphatic rings. The average Bonchev–Trinajstić information content (AvgIpc) is 2.79. The van der Waals surface area contributed by atoms with Gasteiger partial charge in [0.05, 0.1) is 12.0 Å². The molecule has 2 atom stereocenters. The highest BCUT2D eigenvalue weighted by Crippen LogP contribution is 2.28. The van der Waals surface area contributed by atoms with Gasteiger partial charge in [-0.05, 0) is 31.7 Å². The van der Waals surface area contributed by atoms with Gasteiger partial charge in [0.15, 0.2) is 0 Å². The van der Waals surface area contributed by atoms with Crippen molar-refractivity contribution in [3.05, 3.63) is 18.2 Å². The van der Waals surface area contributed by atoms with E-state index in [2.05, 4.69) is 28.7 Å². The van der Waals surface area contributed by atoms with Crippen molar-refractivity contribution in [1.29, 1.82) is 0 Å². The van der Waals surface area contributed by atoms with Crippen LogP contribution in [0.5, 0.6) is 0 Å². The molecule has 0 bridgehead atoms.